The summed E-state index contributed by atoms with van der Waals surface area (Å²) in [5.74, 6) is 0.724. The molecule has 1 heterocycles. The maximum absolute atomic E-state index is 5.87. The van der Waals surface area contributed by atoms with E-state index >= 15 is 0 Å². The first kappa shape index (κ1) is 14.0. The average molecular weight is 226 g/mol. The predicted molar refractivity (Wildman–Crippen MR) is 71.6 cm³/mol. The van der Waals surface area contributed by atoms with Crippen molar-refractivity contribution in [3.63, 3.8) is 0 Å². The van der Waals surface area contributed by atoms with E-state index < -0.39 is 0 Å². The van der Waals surface area contributed by atoms with E-state index in [1.165, 1.54) is 58.0 Å². The lowest BCUT2D eigenvalue weighted by atomic mass is 9.95. The molecule has 2 atom stereocenters. The number of rotatable bonds is 7. The van der Waals surface area contributed by atoms with Gasteiger partial charge in [-0.15, -0.1) is 0 Å². The lowest BCUT2D eigenvalue weighted by molar-refractivity contribution is 0.116. The first-order valence-corrected chi connectivity index (χ1v) is 7.25. The third kappa shape index (κ3) is 4.42. The standard InChI is InChI=1S/C14H30N2/c1-3-7-13(11-15)12-16-10-6-5-9-14(16)8-4-2/h13-14H,3-12,15H2,1-2H3. The van der Waals surface area contributed by atoms with Crippen LogP contribution in [0.3, 0.4) is 0 Å². The molecule has 1 saturated heterocycles. The van der Waals surface area contributed by atoms with Crippen LogP contribution in [0.1, 0.15) is 58.8 Å². The van der Waals surface area contributed by atoms with Gasteiger partial charge in [-0.2, -0.15) is 0 Å². The Morgan fingerprint density at radius 1 is 1.25 bits per heavy atom. The van der Waals surface area contributed by atoms with Crippen molar-refractivity contribution < 1.29 is 0 Å². The third-order valence-corrected chi connectivity index (χ3v) is 3.89. The van der Waals surface area contributed by atoms with Crippen LogP contribution >= 0.6 is 0 Å². The minimum absolute atomic E-state index is 0.724. The molecule has 1 fully saturated rings. The Labute approximate surface area is 102 Å². The summed E-state index contributed by atoms with van der Waals surface area (Å²) in [5, 5.41) is 0. The second-order valence-electron chi connectivity index (χ2n) is 5.32. The van der Waals surface area contributed by atoms with E-state index in [9.17, 15) is 0 Å². The van der Waals surface area contributed by atoms with Gasteiger partial charge in [-0.3, -0.25) is 0 Å². The fourth-order valence-electron chi connectivity index (χ4n) is 2.98. The number of likely N-dealkylation sites (tertiary alicyclic amines) is 1. The first-order valence-electron chi connectivity index (χ1n) is 7.25. The Morgan fingerprint density at radius 2 is 2.06 bits per heavy atom. The van der Waals surface area contributed by atoms with Crippen molar-refractivity contribution in [1.82, 2.24) is 4.90 Å². The maximum atomic E-state index is 5.87. The van der Waals surface area contributed by atoms with E-state index in [1.807, 2.05) is 0 Å². The lowest BCUT2D eigenvalue weighted by Crippen LogP contribution is -2.43. The molecule has 0 bridgehead atoms. The van der Waals surface area contributed by atoms with Gasteiger partial charge in [-0.05, 0) is 44.7 Å². The Kier molecular flexibility index (Phi) is 7.06. The van der Waals surface area contributed by atoms with Gasteiger partial charge in [0.25, 0.3) is 0 Å². The quantitative estimate of drug-likeness (QED) is 0.723. The lowest BCUT2D eigenvalue weighted by Gasteiger charge is -2.37. The van der Waals surface area contributed by atoms with Gasteiger partial charge in [-0.1, -0.05) is 33.1 Å². The van der Waals surface area contributed by atoms with Crippen molar-refractivity contribution in [1.29, 1.82) is 0 Å². The van der Waals surface area contributed by atoms with Gasteiger partial charge in [0, 0.05) is 12.6 Å². The molecule has 2 heteroatoms. The van der Waals surface area contributed by atoms with E-state index in [1.54, 1.807) is 0 Å². The van der Waals surface area contributed by atoms with Gasteiger partial charge < -0.3 is 10.6 Å². The summed E-state index contributed by atoms with van der Waals surface area (Å²) >= 11 is 0. The highest BCUT2D eigenvalue weighted by atomic mass is 15.2. The van der Waals surface area contributed by atoms with Crippen molar-refractivity contribution in [2.24, 2.45) is 11.7 Å². The van der Waals surface area contributed by atoms with Crippen LogP contribution < -0.4 is 5.73 Å². The van der Waals surface area contributed by atoms with Crippen molar-refractivity contribution in [2.45, 2.75) is 64.8 Å². The Bertz CT molecular complexity index is 168. The number of hydrogen-bond donors (Lipinski definition) is 1. The minimum atomic E-state index is 0.724. The van der Waals surface area contributed by atoms with Crippen LogP contribution in [0.2, 0.25) is 0 Å². The second-order valence-corrected chi connectivity index (χ2v) is 5.32. The SMILES string of the molecule is CCCC(CN)CN1CCCCC1CCC. The van der Waals surface area contributed by atoms with E-state index in [0.29, 0.717) is 0 Å². The monoisotopic (exact) mass is 226 g/mol. The summed E-state index contributed by atoms with van der Waals surface area (Å²) < 4.78 is 0. The topological polar surface area (TPSA) is 29.3 Å². The van der Waals surface area contributed by atoms with Crippen molar-refractivity contribution in [3.05, 3.63) is 0 Å². The minimum Gasteiger partial charge on any atom is -0.330 e. The Hall–Kier alpha value is -0.0800. The van der Waals surface area contributed by atoms with Crippen LogP contribution in [0.15, 0.2) is 0 Å². The van der Waals surface area contributed by atoms with Crippen molar-refractivity contribution in [3.8, 4) is 0 Å². The molecule has 16 heavy (non-hydrogen) atoms. The molecule has 0 saturated carbocycles. The fourth-order valence-corrected chi connectivity index (χ4v) is 2.98. The maximum Gasteiger partial charge on any atom is 0.00952 e. The van der Waals surface area contributed by atoms with E-state index in [0.717, 1.165) is 18.5 Å². The highest BCUT2D eigenvalue weighted by Gasteiger charge is 2.23. The molecule has 2 nitrogen and oxygen atoms in total. The van der Waals surface area contributed by atoms with Crippen molar-refractivity contribution in [2.75, 3.05) is 19.6 Å². The number of piperidine rings is 1. The van der Waals surface area contributed by atoms with Crippen LogP contribution in [-0.4, -0.2) is 30.6 Å². The summed E-state index contributed by atoms with van der Waals surface area (Å²) in [6.45, 7) is 7.99. The molecule has 0 aromatic carbocycles. The summed E-state index contributed by atoms with van der Waals surface area (Å²) in [4.78, 5) is 2.72. The molecule has 0 amide bonds. The van der Waals surface area contributed by atoms with Gasteiger partial charge in [0.05, 0.1) is 0 Å². The zero-order chi connectivity index (χ0) is 11.8. The molecule has 1 aliphatic heterocycles. The summed E-state index contributed by atoms with van der Waals surface area (Å²) in [6.07, 6.45) is 9.51. The van der Waals surface area contributed by atoms with Gasteiger partial charge in [0.1, 0.15) is 0 Å². The van der Waals surface area contributed by atoms with Crippen LogP contribution in [0.5, 0.6) is 0 Å². The number of nitrogens with two attached hydrogens (primary N) is 1. The molecule has 2 unspecified atom stereocenters. The molecule has 96 valence electrons. The van der Waals surface area contributed by atoms with Gasteiger partial charge in [-0.25, -0.2) is 0 Å². The number of nitrogens with zero attached hydrogens (tertiary/aromatic N) is 1. The largest absolute Gasteiger partial charge is 0.330 e. The van der Waals surface area contributed by atoms with Crippen LogP contribution in [0, 0.1) is 5.92 Å². The summed E-state index contributed by atoms with van der Waals surface area (Å²) in [7, 11) is 0. The first-order chi connectivity index (χ1) is 7.81. The molecular weight excluding hydrogens is 196 g/mol. The highest BCUT2D eigenvalue weighted by molar-refractivity contribution is 4.79. The molecule has 0 radical (unpaired) electrons. The molecule has 0 aromatic rings. The van der Waals surface area contributed by atoms with Gasteiger partial charge in [0.2, 0.25) is 0 Å². The van der Waals surface area contributed by atoms with Gasteiger partial charge >= 0.3 is 0 Å². The second kappa shape index (κ2) is 8.08. The van der Waals surface area contributed by atoms with Crippen LogP contribution in [-0.2, 0) is 0 Å². The zero-order valence-corrected chi connectivity index (χ0v) is 11.3. The normalized spacial score (nSPS) is 24.6. The van der Waals surface area contributed by atoms with Crippen LogP contribution in [0.4, 0.5) is 0 Å². The fraction of sp³-hybridized carbons (Fsp3) is 1.00. The Morgan fingerprint density at radius 3 is 2.69 bits per heavy atom. The van der Waals surface area contributed by atoms with E-state index in [-0.39, 0.29) is 0 Å². The molecule has 0 aromatic heterocycles. The summed E-state index contributed by atoms with van der Waals surface area (Å²) in [5.41, 5.74) is 5.87. The van der Waals surface area contributed by atoms with E-state index in [2.05, 4.69) is 18.7 Å². The summed E-state index contributed by atoms with van der Waals surface area (Å²) in [6, 6.07) is 0.852. The zero-order valence-electron chi connectivity index (χ0n) is 11.3. The smallest absolute Gasteiger partial charge is 0.00952 e. The molecular formula is C14H30N2. The van der Waals surface area contributed by atoms with Gasteiger partial charge in [0.15, 0.2) is 0 Å². The molecule has 0 aliphatic carbocycles. The van der Waals surface area contributed by atoms with E-state index in [4.69, 9.17) is 5.73 Å². The highest BCUT2D eigenvalue weighted by Crippen LogP contribution is 2.22. The molecule has 0 spiro atoms. The molecule has 2 N–H and O–H groups in total. The molecule has 1 rings (SSSR count). The average Bonchev–Trinajstić information content (AvgIpc) is 2.31. The predicted octanol–water partition coefficient (Wildman–Crippen LogP) is 3.02. The Balaban J connectivity index is 2.40. The third-order valence-electron chi connectivity index (χ3n) is 3.89. The number of hydrogen-bond acceptors (Lipinski definition) is 2. The van der Waals surface area contributed by atoms with Crippen molar-refractivity contribution >= 4 is 0 Å². The van der Waals surface area contributed by atoms with Crippen LogP contribution in [0.25, 0.3) is 0 Å². The molecule has 1 aliphatic rings.